The van der Waals surface area contributed by atoms with Crippen LogP contribution in [0, 0.1) is 11.6 Å². The fraction of sp³-hybridized carbons (Fsp3) is 0.105. The van der Waals surface area contributed by atoms with Crippen LogP contribution >= 0.6 is 0 Å². The molecular formula is C19H16F2NO+. The van der Waals surface area contributed by atoms with E-state index in [9.17, 15) is 8.78 Å². The number of para-hydroxylation sites is 1. The first-order chi connectivity index (χ1) is 11.1. The molecule has 0 amide bonds. The lowest BCUT2D eigenvalue weighted by Gasteiger charge is -2.04. The van der Waals surface area contributed by atoms with Crippen LogP contribution in [-0.2, 0) is 7.05 Å². The molecule has 3 rings (SSSR count). The molecular weight excluding hydrogens is 296 g/mol. The van der Waals surface area contributed by atoms with Gasteiger partial charge in [-0.25, -0.2) is 8.78 Å². The van der Waals surface area contributed by atoms with Gasteiger partial charge in [0.1, 0.15) is 7.05 Å². The fourth-order valence-electron chi connectivity index (χ4n) is 2.58. The Morgan fingerprint density at radius 2 is 1.65 bits per heavy atom. The van der Waals surface area contributed by atoms with E-state index in [1.807, 2.05) is 54.1 Å². The number of ether oxygens (including phenoxy) is 1. The molecule has 23 heavy (non-hydrogen) atoms. The summed E-state index contributed by atoms with van der Waals surface area (Å²) in [5.41, 5.74) is 2.45. The molecule has 0 spiro atoms. The van der Waals surface area contributed by atoms with E-state index in [1.165, 1.54) is 19.2 Å². The zero-order chi connectivity index (χ0) is 16.4. The van der Waals surface area contributed by atoms with Gasteiger partial charge in [-0.15, -0.1) is 0 Å². The maximum Gasteiger partial charge on any atom is 0.212 e. The Kier molecular flexibility index (Phi) is 4.06. The molecule has 0 atom stereocenters. The average Bonchev–Trinajstić information content (AvgIpc) is 2.54. The second-order valence-corrected chi connectivity index (χ2v) is 5.23. The number of aryl methyl sites for hydroxylation is 1. The molecule has 0 bridgehead atoms. The molecule has 0 aliphatic heterocycles. The highest BCUT2D eigenvalue weighted by Crippen LogP contribution is 2.23. The number of halogens is 2. The molecule has 2 aromatic carbocycles. The molecule has 0 saturated carbocycles. The monoisotopic (exact) mass is 312 g/mol. The molecule has 1 heterocycles. The number of nitrogens with zero attached hydrogens (tertiary/aromatic N) is 1. The topological polar surface area (TPSA) is 13.1 Å². The standard InChI is InChI=1S/C19H16F2NO/c1-22-15(10-8-14-5-3-4-6-18(14)22)9-7-13-11-16(20)19(23-2)17(21)12-13/h3-12H,1-2H3/q+1/b9-7+. The Balaban J connectivity index is 1.99. The molecule has 0 N–H and O–H groups in total. The predicted molar refractivity (Wildman–Crippen MR) is 87.0 cm³/mol. The normalized spacial score (nSPS) is 11.3. The summed E-state index contributed by atoms with van der Waals surface area (Å²) in [6.45, 7) is 0. The van der Waals surface area contributed by atoms with E-state index in [1.54, 1.807) is 6.08 Å². The third kappa shape index (κ3) is 2.93. The van der Waals surface area contributed by atoms with Crippen molar-refractivity contribution in [2.45, 2.75) is 0 Å². The lowest BCUT2D eigenvalue weighted by molar-refractivity contribution is -0.646. The number of hydrogen-bond acceptors (Lipinski definition) is 1. The van der Waals surface area contributed by atoms with Gasteiger partial charge in [-0.3, -0.25) is 0 Å². The summed E-state index contributed by atoms with van der Waals surface area (Å²) in [5.74, 6) is -1.79. The largest absolute Gasteiger partial charge is 0.491 e. The molecule has 1 aromatic heterocycles. The van der Waals surface area contributed by atoms with Gasteiger partial charge in [0, 0.05) is 23.6 Å². The first kappa shape index (κ1) is 15.2. The van der Waals surface area contributed by atoms with Crippen LogP contribution in [0.1, 0.15) is 11.3 Å². The van der Waals surface area contributed by atoms with E-state index < -0.39 is 11.6 Å². The van der Waals surface area contributed by atoms with Crippen molar-refractivity contribution < 1.29 is 18.1 Å². The summed E-state index contributed by atoms with van der Waals surface area (Å²) in [6.07, 6.45) is 3.50. The second-order valence-electron chi connectivity index (χ2n) is 5.23. The lowest BCUT2D eigenvalue weighted by Crippen LogP contribution is -2.32. The summed E-state index contributed by atoms with van der Waals surface area (Å²) in [5, 5.41) is 1.13. The van der Waals surface area contributed by atoms with Gasteiger partial charge in [-0.2, -0.15) is 4.57 Å². The molecule has 4 heteroatoms. The number of rotatable bonds is 3. The highest BCUT2D eigenvalue weighted by molar-refractivity contribution is 5.77. The lowest BCUT2D eigenvalue weighted by atomic mass is 10.1. The van der Waals surface area contributed by atoms with Crippen molar-refractivity contribution >= 4 is 23.1 Å². The van der Waals surface area contributed by atoms with Crippen molar-refractivity contribution in [2.24, 2.45) is 7.05 Å². The SMILES string of the molecule is COc1c(F)cc(/C=C/c2ccc3ccccc3[n+]2C)cc1F. The molecule has 0 aliphatic rings. The Labute approximate surface area is 133 Å². The number of aromatic nitrogens is 1. The van der Waals surface area contributed by atoms with Crippen molar-refractivity contribution in [3.05, 3.63) is 71.4 Å². The molecule has 2 nitrogen and oxygen atoms in total. The number of benzene rings is 2. The zero-order valence-corrected chi connectivity index (χ0v) is 12.9. The zero-order valence-electron chi connectivity index (χ0n) is 12.9. The Morgan fingerprint density at radius 1 is 0.957 bits per heavy atom. The van der Waals surface area contributed by atoms with Crippen LogP contribution in [-0.4, -0.2) is 7.11 Å². The van der Waals surface area contributed by atoms with Gasteiger partial charge < -0.3 is 4.74 Å². The van der Waals surface area contributed by atoms with Gasteiger partial charge in [0.05, 0.1) is 7.11 Å². The highest BCUT2D eigenvalue weighted by atomic mass is 19.1. The maximum atomic E-state index is 13.7. The van der Waals surface area contributed by atoms with Crippen LogP contribution in [0.2, 0.25) is 0 Å². The molecule has 0 aliphatic carbocycles. The van der Waals surface area contributed by atoms with E-state index in [2.05, 4.69) is 4.74 Å². The first-order valence-corrected chi connectivity index (χ1v) is 7.19. The van der Waals surface area contributed by atoms with E-state index in [0.29, 0.717) is 5.56 Å². The molecule has 0 unspecified atom stereocenters. The van der Waals surface area contributed by atoms with Crippen LogP contribution in [0.15, 0.2) is 48.5 Å². The molecule has 0 fully saturated rings. The van der Waals surface area contributed by atoms with Crippen molar-refractivity contribution in [1.29, 1.82) is 0 Å². The maximum absolute atomic E-state index is 13.7. The van der Waals surface area contributed by atoms with Crippen molar-refractivity contribution in [3.8, 4) is 5.75 Å². The van der Waals surface area contributed by atoms with Crippen LogP contribution in [0.5, 0.6) is 5.75 Å². The van der Waals surface area contributed by atoms with Gasteiger partial charge in [0.15, 0.2) is 17.4 Å². The van der Waals surface area contributed by atoms with Gasteiger partial charge >= 0.3 is 0 Å². The minimum Gasteiger partial charge on any atom is -0.491 e. The number of fused-ring (bicyclic) bond motifs is 1. The number of methoxy groups -OCH3 is 1. The molecule has 0 radical (unpaired) electrons. The summed E-state index contributed by atoms with van der Waals surface area (Å²) in [4.78, 5) is 0. The summed E-state index contributed by atoms with van der Waals surface area (Å²) < 4.78 is 34.2. The average molecular weight is 312 g/mol. The van der Waals surface area contributed by atoms with Crippen LogP contribution in [0.25, 0.3) is 23.1 Å². The number of hydrogen-bond donors (Lipinski definition) is 0. The van der Waals surface area contributed by atoms with Gasteiger partial charge in [-0.05, 0) is 35.9 Å². The third-order valence-corrected chi connectivity index (χ3v) is 3.79. The summed E-state index contributed by atoms with van der Waals surface area (Å²) in [6, 6.07) is 14.5. The van der Waals surface area contributed by atoms with Gasteiger partial charge in [-0.1, -0.05) is 12.1 Å². The minimum absolute atomic E-state index is 0.363. The van der Waals surface area contributed by atoms with Crippen LogP contribution < -0.4 is 9.30 Å². The third-order valence-electron chi connectivity index (χ3n) is 3.79. The first-order valence-electron chi connectivity index (χ1n) is 7.19. The van der Waals surface area contributed by atoms with Crippen molar-refractivity contribution in [3.63, 3.8) is 0 Å². The fourth-order valence-corrected chi connectivity index (χ4v) is 2.58. The van der Waals surface area contributed by atoms with Gasteiger partial charge in [0.2, 0.25) is 11.2 Å². The van der Waals surface area contributed by atoms with Crippen molar-refractivity contribution in [2.75, 3.05) is 7.11 Å². The predicted octanol–water partition coefficient (Wildman–Crippen LogP) is 4.12. The van der Waals surface area contributed by atoms with Crippen LogP contribution in [0.3, 0.4) is 0 Å². The van der Waals surface area contributed by atoms with Crippen LogP contribution in [0.4, 0.5) is 8.78 Å². The molecule has 0 saturated heterocycles. The van der Waals surface area contributed by atoms with E-state index >= 15 is 0 Å². The summed E-state index contributed by atoms with van der Waals surface area (Å²) >= 11 is 0. The number of pyridine rings is 1. The Morgan fingerprint density at radius 3 is 2.35 bits per heavy atom. The highest BCUT2D eigenvalue weighted by Gasteiger charge is 2.11. The quantitative estimate of drug-likeness (QED) is 0.663. The van der Waals surface area contributed by atoms with Gasteiger partial charge in [0.25, 0.3) is 0 Å². The van der Waals surface area contributed by atoms with E-state index in [0.717, 1.165) is 16.6 Å². The smallest absolute Gasteiger partial charge is 0.212 e. The Hall–Kier alpha value is -2.75. The summed E-state index contributed by atoms with van der Waals surface area (Å²) in [7, 11) is 3.20. The molecule has 116 valence electrons. The molecule has 3 aromatic rings. The van der Waals surface area contributed by atoms with E-state index in [-0.39, 0.29) is 5.75 Å². The second kappa shape index (κ2) is 6.16. The van der Waals surface area contributed by atoms with Crippen molar-refractivity contribution in [1.82, 2.24) is 0 Å². The minimum atomic E-state index is -0.713. The van der Waals surface area contributed by atoms with E-state index in [4.69, 9.17) is 0 Å². The Bertz CT molecular complexity index is 880.